The predicted molar refractivity (Wildman–Crippen MR) is 119 cm³/mol. The standard InChI is InChI=1S/C22H22N6O2S/c23-28-20(13-30-15-6-2-1-3-7-15)25-26-22(28)31-14-21(29)27-11-10-19-17(12-27)16-8-4-5-9-18(16)24-19/h1-9,24H,10-14,23H2. The molecule has 2 aromatic heterocycles. The predicted octanol–water partition coefficient (Wildman–Crippen LogP) is 2.73. The molecule has 0 atom stereocenters. The first-order chi connectivity index (χ1) is 15.2. The Kier molecular flexibility index (Phi) is 5.25. The summed E-state index contributed by atoms with van der Waals surface area (Å²) in [5.74, 6) is 7.66. The SMILES string of the molecule is Nn1c(COc2ccccc2)nnc1SCC(=O)N1CCc2[nH]c3ccccc3c2C1. The molecule has 0 bridgehead atoms. The number of carbonyl (C=O) groups is 1. The third-order valence-corrected chi connectivity index (χ3v) is 6.33. The minimum absolute atomic E-state index is 0.0611. The number of nitrogens with one attached hydrogen (secondary N) is 1. The van der Waals surface area contributed by atoms with Gasteiger partial charge in [0.15, 0.2) is 5.82 Å². The van der Waals surface area contributed by atoms with Gasteiger partial charge in [-0.3, -0.25) is 4.79 Å². The number of aromatic nitrogens is 4. The number of ether oxygens (including phenoxy) is 1. The molecule has 3 heterocycles. The lowest BCUT2D eigenvalue weighted by atomic mass is 10.0. The second-order valence-corrected chi connectivity index (χ2v) is 8.29. The number of hydrogen-bond donors (Lipinski definition) is 2. The summed E-state index contributed by atoms with van der Waals surface area (Å²) >= 11 is 1.29. The molecular formula is C22H22N6O2S. The van der Waals surface area contributed by atoms with Crippen molar-refractivity contribution in [3.63, 3.8) is 0 Å². The highest BCUT2D eigenvalue weighted by Crippen LogP contribution is 2.28. The van der Waals surface area contributed by atoms with Crippen molar-refractivity contribution in [3.8, 4) is 5.75 Å². The molecule has 0 saturated carbocycles. The van der Waals surface area contributed by atoms with E-state index in [9.17, 15) is 4.79 Å². The maximum atomic E-state index is 12.8. The van der Waals surface area contributed by atoms with Gasteiger partial charge in [-0.25, -0.2) is 4.68 Å². The summed E-state index contributed by atoms with van der Waals surface area (Å²) in [4.78, 5) is 18.2. The lowest BCUT2D eigenvalue weighted by Crippen LogP contribution is -2.37. The Morgan fingerprint density at radius 2 is 1.94 bits per heavy atom. The number of aromatic amines is 1. The Hall–Kier alpha value is -3.46. The first kappa shape index (κ1) is 19.5. The van der Waals surface area contributed by atoms with Crippen molar-refractivity contribution in [2.24, 2.45) is 0 Å². The molecule has 0 saturated heterocycles. The highest BCUT2D eigenvalue weighted by Gasteiger charge is 2.24. The molecule has 1 aliphatic rings. The van der Waals surface area contributed by atoms with Crippen LogP contribution in [0, 0.1) is 0 Å². The number of nitrogen functional groups attached to an aromatic ring is 1. The zero-order valence-corrected chi connectivity index (χ0v) is 17.6. The smallest absolute Gasteiger partial charge is 0.233 e. The number of hydrogen-bond acceptors (Lipinski definition) is 6. The Morgan fingerprint density at radius 1 is 1.13 bits per heavy atom. The van der Waals surface area contributed by atoms with Gasteiger partial charge in [-0.05, 0) is 18.2 Å². The van der Waals surface area contributed by atoms with E-state index in [1.807, 2.05) is 47.4 Å². The van der Waals surface area contributed by atoms with E-state index < -0.39 is 0 Å². The van der Waals surface area contributed by atoms with Crippen LogP contribution in [0.3, 0.4) is 0 Å². The number of carbonyl (C=O) groups excluding carboxylic acids is 1. The van der Waals surface area contributed by atoms with Gasteiger partial charge >= 0.3 is 0 Å². The molecule has 8 nitrogen and oxygen atoms in total. The van der Waals surface area contributed by atoms with E-state index in [1.54, 1.807) is 0 Å². The van der Waals surface area contributed by atoms with E-state index in [-0.39, 0.29) is 18.3 Å². The van der Waals surface area contributed by atoms with Gasteiger partial charge in [0.1, 0.15) is 12.4 Å². The minimum atomic E-state index is 0.0611. The van der Waals surface area contributed by atoms with Gasteiger partial charge in [-0.2, -0.15) is 0 Å². The fourth-order valence-electron chi connectivity index (χ4n) is 3.77. The van der Waals surface area contributed by atoms with E-state index in [4.69, 9.17) is 10.6 Å². The van der Waals surface area contributed by atoms with E-state index in [0.29, 0.717) is 24.1 Å². The number of fused-ring (bicyclic) bond motifs is 3. The molecule has 9 heteroatoms. The molecular weight excluding hydrogens is 412 g/mol. The summed E-state index contributed by atoms with van der Waals surface area (Å²) in [7, 11) is 0. The van der Waals surface area contributed by atoms with Gasteiger partial charge in [0.05, 0.1) is 5.75 Å². The third-order valence-electron chi connectivity index (χ3n) is 5.41. The molecule has 4 aromatic rings. The van der Waals surface area contributed by atoms with Crippen molar-refractivity contribution in [2.45, 2.75) is 24.7 Å². The van der Waals surface area contributed by atoms with E-state index in [2.05, 4.69) is 27.3 Å². The molecule has 31 heavy (non-hydrogen) atoms. The Balaban J connectivity index is 1.20. The molecule has 0 radical (unpaired) electrons. The van der Waals surface area contributed by atoms with Crippen LogP contribution in [0.25, 0.3) is 10.9 Å². The van der Waals surface area contributed by atoms with Crippen molar-refractivity contribution in [2.75, 3.05) is 18.1 Å². The number of nitrogens with two attached hydrogens (primary N) is 1. The monoisotopic (exact) mass is 434 g/mol. The molecule has 158 valence electrons. The van der Waals surface area contributed by atoms with Crippen molar-refractivity contribution in [3.05, 3.63) is 71.7 Å². The van der Waals surface area contributed by atoms with Gasteiger partial charge in [0.2, 0.25) is 11.1 Å². The van der Waals surface area contributed by atoms with Crippen LogP contribution in [-0.2, 0) is 24.4 Å². The number of nitrogens with zero attached hydrogens (tertiary/aromatic N) is 4. The van der Waals surface area contributed by atoms with Gasteiger partial charge in [-0.15, -0.1) is 10.2 Å². The zero-order valence-electron chi connectivity index (χ0n) is 16.8. The van der Waals surface area contributed by atoms with Crippen molar-refractivity contribution < 1.29 is 9.53 Å². The highest BCUT2D eigenvalue weighted by molar-refractivity contribution is 7.99. The molecule has 0 aliphatic carbocycles. The second kappa shape index (κ2) is 8.35. The topological polar surface area (TPSA) is 102 Å². The fraction of sp³-hybridized carbons (Fsp3) is 0.227. The van der Waals surface area contributed by atoms with Crippen LogP contribution in [0.5, 0.6) is 5.75 Å². The summed E-state index contributed by atoms with van der Waals surface area (Å²) in [5.41, 5.74) is 3.56. The lowest BCUT2D eigenvalue weighted by Gasteiger charge is -2.27. The van der Waals surface area contributed by atoms with Crippen LogP contribution < -0.4 is 10.6 Å². The summed E-state index contributed by atoms with van der Waals surface area (Å²) < 4.78 is 7.06. The Bertz CT molecular complexity index is 1220. The average molecular weight is 435 g/mol. The van der Waals surface area contributed by atoms with Crippen LogP contribution in [0.1, 0.15) is 17.1 Å². The van der Waals surface area contributed by atoms with E-state index in [1.165, 1.54) is 33.1 Å². The third kappa shape index (κ3) is 3.96. The summed E-state index contributed by atoms with van der Waals surface area (Å²) in [6, 6.07) is 17.7. The van der Waals surface area contributed by atoms with Gasteiger partial charge < -0.3 is 20.5 Å². The number of thioether (sulfide) groups is 1. The molecule has 3 N–H and O–H groups in total. The van der Waals surface area contributed by atoms with Crippen LogP contribution in [0.4, 0.5) is 0 Å². The quantitative estimate of drug-likeness (QED) is 0.357. The van der Waals surface area contributed by atoms with Crippen molar-refractivity contribution >= 4 is 28.6 Å². The molecule has 2 aromatic carbocycles. The van der Waals surface area contributed by atoms with Crippen molar-refractivity contribution in [1.29, 1.82) is 0 Å². The maximum absolute atomic E-state index is 12.8. The number of H-pyrrole nitrogens is 1. The summed E-state index contributed by atoms with van der Waals surface area (Å²) in [6.45, 7) is 1.52. The van der Waals surface area contributed by atoms with Crippen molar-refractivity contribution in [1.82, 2.24) is 24.8 Å². The minimum Gasteiger partial charge on any atom is -0.486 e. The number of para-hydroxylation sites is 2. The number of benzene rings is 2. The Morgan fingerprint density at radius 3 is 2.81 bits per heavy atom. The average Bonchev–Trinajstić information content (AvgIpc) is 3.36. The van der Waals surface area contributed by atoms with Gasteiger partial charge in [0, 0.05) is 41.7 Å². The van der Waals surface area contributed by atoms with Gasteiger partial charge in [-0.1, -0.05) is 48.2 Å². The zero-order chi connectivity index (χ0) is 21.2. The number of amides is 1. The molecule has 1 amide bonds. The highest BCUT2D eigenvalue weighted by atomic mass is 32.2. The first-order valence-electron chi connectivity index (χ1n) is 10.1. The summed E-state index contributed by atoms with van der Waals surface area (Å²) in [6.07, 6.45) is 0.828. The maximum Gasteiger partial charge on any atom is 0.233 e. The van der Waals surface area contributed by atoms with E-state index >= 15 is 0 Å². The second-order valence-electron chi connectivity index (χ2n) is 7.35. The fourth-order valence-corrected chi connectivity index (χ4v) is 4.54. The Labute approximate surface area is 183 Å². The largest absolute Gasteiger partial charge is 0.486 e. The van der Waals surface area contributed by atoms with Crippen LogP contribution in [-0.4, -0.2) is 43.0 Å². The number of rotatable bonds is 6. The van der Waals surface area contributed by atoms with E-state index in [0.717, 1.165) is 17.7 Å². The molecule has 1 aliphatic heterocycles. The lowest BCUT2D eigenvalue weighted by molar-refractivity contribution is -0.129. The summed E-state index contributed by atoms with van der Waals surface area (Å²) in [5, 5.41) is 9.88. The molecule has 0 unspecified atom stereocenters. The normalized spacial score (nSPS) is 13.4. The molecule has 5 rings (SSSR count). The van der Waals surface area contributed by atoms with Crippen LogP contribution >= 0.6 is 11.8 Å². The van der Waals surface area contributed by atoms with Crippen LogP contribution in [0.15, 0.2) is 59.8 Å². The molecule has 0 fully saturated rings. The van der Waals surface area contributed by atoms with Crippen LogP contribution in [0.2, 0.25) is 0 Å². The van der Waals surface area contributed by atoms with Gasteiger partial charge in [0.25, 0.3) is 0 Å². The first-order valence-corrected chi connectivity index (χ1v) is 11.0. The molecule has 0 spiro atoms.